The van der Waals surface area contributed by atoms with E-state index in [4.69, 9.17) is 16.7 Å². The molecule has 49 heavy (non-hydrogen) atoms. The number of fused-ring (bicyclic) bond motifs is 1. The van der Waals surface area contributed by atoms with E-state index in [0.717, 1.165) is 41.9 Å². The highest BCUT2D eigenvalue weighted by atomic mass is 35.5. The van der Waals surface area contributed by atoms with Crippen LogP contribution in [-0.2, 0) is 42.6 Å². The summed E-state index contributed by atoms with van der Waals surface area (Å²) in [6.45, 7) is 1.93. The van der Waals surface area contributed by atoms with E-state index in [2.05, 4.69) is 37.8 Å². The smallest absolute Gasteiger partial charge is 0.261 e. The second-order valence-corrected chi connectivity index (χ2v) is 13.9. The fourth-order valence-electron chi connectivity index (χ4n) is 5.85. The van der Waals surface area contributed by atoms with Crippen LogP contribution in [0.4, 0.5) is 11.4 Å². The number of hydrogen-bond donors (Lipinski definition) is 3. The standard InChI is InChI=1S/C36H33ClN8O3S/c37-28-14-16-31(17-15-28)49(47,48)42-30-12-4-9-26(19-30)22-39-36(46)35-33(41-45-18-6-13-34(35)45)24-44-23-32(40-43-44)27-10-5-11-29(20-27)38-21-25-7-2-1-3-8-25/h1-5,7-12,14-17,19-20,23,38,42H,6,13,18,21-22,24H2,(H,39,46). The molecule has 4 aromatic carbocycles. The van der Waals surface area contributed by atoms with Crippen LogP contribution in [0.15, 0.2) is 114 Å². The Morgan fingerprint density at radius 3 is 2.47 bits per heavy atom. The monoisotopic (exact) mass is 692 g/mol. The number of nitrogens with zero attached hydrogens (tertiary/aromatic N) is 5. The summed E-state index contributed by atoms with van der Waals surface area (Å²) in [5.41, 5.74) is 6.98. The van der Waals surface area contributed by atoms with E-state index in [0.29, 0.717) is 34.2 Å². The Bertz CT molecular complexity index is 2220. The fourth-order valence-corrected chi connectivity index (χ4v) is 7.03. The highest BCUT2D eigenvalue weighted by Crippen LogP contribution is 2.25. The third-order valence-corrected chi connectivity index (χ3v) is 9.89. The number of aryl methyl sites for hydroxylation is 1. The normalized spacial score (nSPS) is 12.4. The van der Waals surface area contributed by atoms with Crippen LogP contribution in [0.25, 0.3) is 11.3 Å². The number of nitrogens with one attached hydrogen (secondary N) is 3. The molecule has 0 saturated carbocycles. The van der Waals surface area contributed by atoms with Crippen molar-refractivity contribution in [1.82, 2.24) is 30.1 Å². The molecule has 2 aromatic heterocycles. The second kappa shape index (κ2) is 14.0. The van der Waals surface area contributed by atoms with Crippen molar-refractivity contribution in [3.63, 3.8) is 0 Å². The first-order chi connectivity index (χ1) is 23.8. The SMILES string of the molecule is O=C(NCc1cccc(NS(=O)(=O)c2ccc(Cl)cc2)c1)c1c(Cn2cc(-c3cccc(NCc4ccccc4)c3)nn2)nn2c1CCC2. The Morgan fingerprint density at radius 2 is 1.63 bits per heavy atom. The average molecular weight is 693 g/mol. The first-order valence-electron chi connectivity index (χ1n) is 15.8. The lowest BCUT2D eigenvalue weighted by Gasteiger charge is -2.11. The Balaban J connectivity index is 1.03. The van der Waals surface area contributed by atoms with Crippen molar-refractivity contribution in [2.45, 2.75) is 43.9 Å². The van der Waals surface area contributed by atoms with Gasteiger partial charge in [0, 0.05) is 41.6 Å². The second-order valence-electron chi connectivity index (χ2n) is 11.8. The third-order valence-electron chi connectivity index (χ3n) is 8.25. The number of carbonyl (C=O) groups excluding carboxylic acids is 1. The van der Waals surface area contributed by atoms with Gasteiger partial charge in [-0.2, -0.15) is 5.10 Å². The maximum Gasteiger partial charge on any atom is 0.261 e. The summed E-state index contributed by atoms with van der Waals surface area (Å²) in [6.07, 6.45) is 3.53. The molecular formula is C36H33ClN8O3S. The van der Waals surface area contributed by atoms with Crippen molar-refractivity contribution >= 4 is 38.9 Å². The van der Waals surface area contributed by atoms with Crippen LogP contribution in [-0.4, -0.2) is 39.1 Å². The van der Waals surface area contributed by atoms with Crippen LogP contribution in [0, 0.1) is 0 Å². The van der Waals surface area contributed by atoms with Crippen LogP contribution >= 0.6 is 11.6 Å². The molecule has 3 N–H and O–H groups in total. The number of hydrogen-bond acceptors (Lipinski definition) is 7. The highest BCUT2D eigenvalue weighted by molar-refractivity contribution is 7.92. The van der Waals surface area contributed by atoms with Crippen LogP contribution in [0.2, 0.25) is 5.02 Å². The van der Waals surface area contributed by atoms with Gasteiger partial charge in [0.1, 0.15) is 5.69 Å². The van der Waals surface area contributed by atoms with Crippen molar-refractivity contribution in [3.05, 3.63) is 142 Å². The molecule has 0 bridgehead atoms. The van der Waals surface area contributed by atoms with Crippen LogP contribution in [0.5, 0.6) is 0 Å². The van der Waals surface area contributed by atoms with E-state index in [9.17, 15) is 13.2 Å². The highest BCUT2D eigenvalue weighted by Gasteiger charge is 2.27. The van der Waals surface area contributed by atoms with Crippen LogP contribution in [0.3, 0.4) is 0 Å². The van der Waals surface area contributed by atoms with Crippen molar-refractivity contribution in [3.8, 4) is 11.3 Å². The first kappa shape index (κ1) is 32.1. The summed E-state index contributed by atoms with van der Waals surface area (Å²) in [4.78, 5) is 13.8. The van der Waals surface area contributed by atoms with E-state index in [-0.39, 0.29) is 23.9 Å². The molecule has 0 unspecified atom stereocenters. The topological polar surface area (TPSA) is 136 Å². The molecule has 11 nitrogen and oxygen atoms in total. The summed E-state index contributed by atoms with van der Waals surface area (Å²) in [5, 5.41) is 20.5. The predicted octanol–water partition coefficient (Wildman–Crippen LogP) is 6.13. The lowest BCUT2D eigenvalue weighted by molar-refractivity contribution is 0.0949. The van der Waals surface area contributed by atoms with E-state index in [1.165, 1.54) is 29.8 Å². The minimum absolute atomic E-state index is 0.0991. The van der Waals surface area contributed by atoms with Gasteiger partial charge in [-0.25, -0.2) is 13.1 Å². The molecule has 13 heteroatoms. The molecule has 1 aliphatic rings. The molecule has 3 heterocycles. The van der Waals surface area contributed by atoms with Gasteiger partial charge in [-0.15, -0.1) is 5.10 Å². The zero-order valence-corrected chi connectivity index (χ0v) is 28.0. The lowest BCUT2D eigenvalue weighted by atomic mass is 10.1. The van der Waals surface area contributed by atoms with Gasteiger partial charge in [0.05, 0.1) is 34.6 Å². The molecule has 7 rings (SSSR count). The zero-order valence-electron chi connectivity index (χ0n) is 26.4. The molecule has 0 fully saturated rings. The number of anilines is 2. The van der Waals surface area contributed by atoms with Gasteiger partial charge in [-0.05, 0) is 72.5 Å². The molecule has 0 atom stereocenters. The number of aromatic nitrogens is 5. The summed E-state index contributed by atoms with van der Waals surface area (Å²) < 4.78 is 31.9. The molecule has 1 aliphatic heterocycles. The molecule has 0 saturated heterocycles. The van der Waals surface area contributed by atoms with Crippen LogP contribution < -0.4 is 15.4 Å². The largest absolute Gasteiger partial charge is 0.381 e. The minimum atomic E-state index is -3.81. The molecule has 1 amide bonds. The van der Waals surface area contributed by atoms with Gasteiger partial charge in [0.2, 0.25) is 0 Å². The van der Waals surface area contributed by atoms with Gasteiger partial charge >= 0.3 is 0 Å². The molecule has 0 aliphatic carbocycles. The van der Waals surface area contributed by atoms with E-state index in [1.54, 1.807) is 22.9 Å². The summed E-state index contributed by atoms with van der Waals surface area (Å²) in [5.74, 6) is -0.247. The van der Waals surface area contributed by atoms with Gasteiger partial charge in [0.25, 0.3) is 15.9 Å². The molecule has 248 valence electrons. The van der Waals surface area contributed by atoms with E-state index < -0.39 is 10.0 Å². The number of sulfonamides is 1. The summed E-state index contributed by atoms with van der Waals surface area (Å²) >= 11 is 5.91. The van der Waals surface area contributed by atoms with Crippen molar-refractivity contribution in [2.75, 3.05) is 10.0 Å². The maximum absolute atomic E-state index is 13.7. The number of carbonyl (C=O) groups is 1. The Labute approximate surface area is 289 Å². The van der Waals surface area contributed by atoms with Crippen molar-refractivity contribution < 1.29 is 13.2 Å². The Kier molecular flexibility index (Phi) is 9.14. The Morgan fingerprint density at radius 1 is 0.857 bits per heavy atom. The third kappa shape index (κ3) is 7.50. The van der Waals surface area contributed by atoms with Gasteiger partial charge in [0.15, 0.2) is 0 Å². The first-order valence-corrected chi connectivity index (χ1v) is 17.7. The quantitative estimate of drug-likeness (QED) is 0.140. The summed E-state index contributed by atoms with van der Waals surface area (Å²) in [6, 6.07) is 31.1. The number of benzene rings is 4. The van der Waals surface area contributed by atoms with Crippen molar-refractivity contribution in [2.24, 2.45) is 0 Å². The predicted molar refractivity (Wildman–Crippen MR) is 189 cm³/mol. The van der Waals surface area contributed by atoms with E-state index in [1.807, 2.05) is 59.4 Å². The Hall–Kier alpha value is -5.46. The number of amides is 1. The maximum atomic E-state index is 13.7. The molecular weight excluding hydrogens is 660 g/mol. The van der Waals surface area contributed by atoms with Gasteiger partial charge < -0.3 is 10.6 Å². The molecule has 0 radical (unpaired) electrons. The minimum Gasteiger partial charge on any atom is -0.381 e. The zero-order chi connectivity index (χ0) is 33.8. The van der Waals surface area contributed by atoms with E-state index >= 15 is 0 Å². The number of halogens is 1. The van der Waals surface area contributed by atoms with Gasteiger partial charge in [-0.3, -0.25) is 14.2 Å². The summed E-state index contributed by atoms with van der Waals surface area (Å²) in [7, 11) is -3.81. The van der Waals surface area contributed by atoms with Crippen LogP contribution in [0.1, 0.15) is 39.3 Å². The molecule has 0 spiro atoms. The van der Waals surface area contributed by atoms with Gasteiger partial charge in [-0.1, -0.05) is 71.4 Å². The molecule has 6 aromatic rings. The lowest BCUT2D eigenvalue weighted by Crippen LogP contribution is -2.25. The number of rotatable bonds is 12. The van der Waals surface area contributed by atoms with Crippen molar-refractivity contribution in [1.29, 1.82) is 0 Å². The average Bonchev–Trinajstić information content (AvgIpc) is 3.84. The fraction of sp³-hybridized carbons (Fsp3) is 0.167.